The third-order valence-electron chi connectivity index (χ3n) is 4.92. The molecule has 1 aromatic heterocycles. The van der Waals surface area contributed by atoms with E-state index in [0.29, 0.717) is 17.6 Å². The fourth-order valence-corrected chi connectivity index (χ4v) is 3.36. The predicted octanol–water partition coefficient (Wildman–Crippen LogP) is 2.92. The number of nitrogens with zero attached hydrogens (tertiary/aromatic N) is 1. The van der Waals surface area contributed by atoms with Crippen LogP contribution in [0.25, 0.3) is 11.1 Å². The number of nitrogens with one attached hydrogen (secondary N) is 1. The second kappa shape index (κ2) is 9.39. The van der Waals surface area contributed by atoms with Gasteiger partial charge in [-0.25, -0.2) is 4.79 Å². The predicted molar refractivity (Wildman–Crippen MR) is 105 cm³/mol. The molecule has 28 heavy (non-hydrogen) atoms. The van der Waals surface area contributed by atoms with Gasteiger partial charge in [-0.1, -0.05) is 23.8 Å². The standard InChI is InChI=1S/C21H26N2O5/c1-15(20(25)22-13-11-16-7-3-2-4-8-16)27-19(24)12-14-23-17-9-5-6-10-18(17)28-21(23)26/h5-7,9-10,15H,2-4,8,11-14H2,1H3,(H,22,25)/t15-/m1/s1. The lowest BCUT2D eigenvalue weighted by molar-refractivity contribution is -0.155. The number of carbonyl (C=O) groups is 2. The van der Waals surface area contributed by atoms with Crippen molar-refractivity contribution in [2.45, 2.75) is 58.1 Å². The third-order valence-corrected chi connectivity index (χ3v) is 4.92. The van der Waals surface area contributed by atoms with Crippen LogP contribution in [0.2, 0.25) is 0 Å². The number of rotatable bonds is 8. The highest BCUT2D eigenvalue weighted by molar-refractivity contribution is 5.83. The van der Waals surface area contributed by atoms with Crippen LogP contribution < -0.4 is 11.1 Å². The summed E-state index contributed by atoms with van der Waals surface area (Å²) < 4.78 is 11.7. The SMILES string of the molecule is C[C@@H](OC(=O)CCn1c(=O)oc2ccccc21)C(=O)NCCC1=CCCCC1. The number of hydrogen-bond donors (Lipinski definition) is 1. The van der Waals surface area contributed by atoms with E-state index in [0.717, 1.165) is 19.3 Å². The number of allylic oxidation sites excluding steroid dienone is 1. The molecule has 2 aromatic rings. The van der Waals surface area contributed by atoms with Gasteiger partial charge >= 0.3 is 11.7 Å². The summed E-state index contributed by atoms with van der Waals surface area (Å²) in [6.07, 6.45) is 6.87. The van der Waals surface area contributed by atoms with Crippen molar-refractivity contribution < 1.29 is 18.7 Å². The zero-order chi connectivity index (χ0) is 19.9. The van der Waals surface area contributed by atoms with Crippen molar-refractivity contribution in [2.24, 2.45) is 0 Å². The lowest BCUT2D eigenvalue weighted by atomic mass is 9.97. The molecule has 3 rings (SSSR count). The van der Waals surface area contributed by atoms with Crippen LogP contribution in [0.4, 0.5) is 0 Å². The summed E-state index contributed by atoms with van der Waals surface area (Å²) in [5, 5.41) is 2.81. The van der Waals surface area contributed by atoms with E-state index in [4.69, 9.17) is 9.15 Å². The van der Waals surface area contributed by atoms with Gasteiger partial charge in [0.1, 0.15) is 0 Å². The minimum Gasteiger partial charge on any atom is -0.452 e. The van der Waals surface area contributed by atoms with Gasteiger partial charge in [-0.05, 0) is 51.2 Å². The molecule has 0 radical (unpaired) electrons. The maximum atomic E-state index is 12.1. The van der Waals surface area contributed by atoms with Crippen LogP contribution in [0, 0.1) is 0 Å². The highest BCUT2D eigenvalue weighted by atomic mass is 16.5. The van der Waals surface area contributed by atoms with Gasteiger partial charge < -0.3 is 14.5 Å². The molecule has 0 spiro atoms. The number of esters is 1. The quantitative estimate of drug-likeness (QED) is 0.556. The molecule has 1 heterocycles. The Morgan fingerprint density at radius 1 is 1.29 bits per heavy atom. The fourth-order valence-electron chi connectivity index (χ4n) is 3.36. The summed E-state index contributed by atoms with van der Waals surface area (Å²) in [5.74, 6) is -1.36. The van der Waals surface area contributed by atoms with E-state index in [-0.39, 0.29) is 18.9 Å². The van der Waals surface area contributed by atoms with Crippen molar-refractivity contribution in [3.63, 3.8) is 0 Å². The number of benzene rings is 1. The van der Waals surface area contributed by atoms with Gasteiger partial charge in [0.25, 0.3) is 5.91 Å². The number of amides is 1. The molecule has 150 valence electrons. The van der Waals surface area contributed by atoms with Crippen molar-refractivity contribution in [3.8, 4) is 0 Å². The first-order valence-corrected chi connectivity index (χ1v) is 9.78. The minimum atomic E-state index is -0.870. The normalized spacial score (nSPS) is 15.1. The first kappa shape index (κ1) is 19.9. The molecule has 1 aromatic carbocycles. The first-order chi connectivity index (χ1) is 13.5. The molecular weight excluding hydrogens is 360 g/mol. The van der Waals surface area contributed by atoms with Gasteiger partial charge in [-0.2, -0.15) is 0 Å². The van der Waals surface area contributed by atoms with Crippen LogP contribution in [-0.4, -0.2) is 29.1 Å². The molecule has 7 nitrogen and oxygen atoms in total. The number of fused-ring (bicyclic) bond motifs is 1. The third kappa shape index (κ3) is 5.12. The second-order valence-corrected chi connectivity index (χ2v) is 7.02. The topological polar surface area (TPSA) is 90.5 Å². The maximum Gasteiger partial charge on any atom is 0.419 e. The van der Waals surface area contributed by atoms with E-state index in [1.54, 1.807) is 31.2 Å². The van der Waals surface area contributed by atoms with Gasteiger partial charge in [0.05, 0.1) is 11.9 Å². The van der Waals surface area contributed by atoms with Crippen LogP contribution in [-0.2, 0) is 20.9 Å². The Labute approximate surface area is 163 Å². The van der Waals surface area contributed by atoms with Gasteiger partial charge in [0.2, 0.25) is 0 Å². The Balaban J connectivity index is 1.43. The molecule has 0 bridgehead atoms. The fraction of sp³-hybridized carbons (Fsp3) is 0.476. The molecule has 0 fully saturated rings. The molecule has 1 atom stereocenters. The number of aromatic nitrogens is 1. The summed E-state index contributed by atoms with van der Waals surface area (Å²) in [6.45, 7) is 2.23. The van der Waals surface area contributed by atoms with Crippen LogP contribution in [0.1, 0.15) is 45.4 Å². The molecule has 1 aliphatic rings. The Morgan fingerprint density at radius 3 is 2.89 bits per heavy atom. The second-order valence-electron chi connectivity index (χ2n) is 7.02. The van der Waals surface area contributed by atoms with E-state index in [1.807, 2.05) is 0 Å². The Kier molecular flexibility index (Phi) is 6.68. The summed E-state index contributed by atoms with van der Waals surface area (Å²) in [7, 11) is 0. The van der Waals surface area contributed by atoms with Gasteiger partial charge in [0.15, 0.2) is 11.7 Å². The summed E-state index contributed by atoms with van der Waals surface area (Å²) in [6, 6.07) is 7.02. The minimum absolute atomic E-state index is 0.0199. The molecule has 0 saturated carbocycles. The molecule has 7 heteroatoms. The zero-order valence-corrected chi connectivity index (χ0v) is 16.1. The number of ether oxygens (including phenoxy) is 1. The highest BCUT2D eigenvalue weighted by Crippen LogP contribution is 2.19. The molecule has 1 N–H and O–H groups in total. The van der Waals surface area contributed by atoms with Crippen molar-refractivity contribution in [3.05, 3.63) is 46.5 Å². The lowest BCUT2D eigenvalue weighted by Crippen LogP contribution is -2.36. The van der Waals surface area contributed by atoms with Crippen molar-refractivity contribution in [1.29, 1.82) is 0 Å². The van der Waals surface area contributed by atoms with Crippen LogP contribution in [0.3, 0.4) is 0 Å². The van der Waals surface area contributed by atoms with E-state index < -0.39 is 17.8 Å². The Hall–Kier alpha value is -2.83. The van der Waals surface area contributed by atoms with Gasteiger partial charge in [-0.3, -0.25) is 14.2 Å². The first-order valence-electron chi connectivity index (χ1n) is 9.78. The average molecular weight is 386 g/mol. The molecule has 1 amide bonds. The number of carbonyl (C=O) groups excluding carboxylic acids is 2. The summed E-state index contributed by atoms with van der Waals surface area (Å²) in [5.41, 5.74) is 2.48. The number of aryl methyl sites for hydroxylation is 1. The monoisotopic (exact) mass is 386 g/mol. The molecule has 1 aliphatic carbocycles. The maximum absolute atomic E-state index is 12.1. The average Bonchev–Trinajstić information content (AvgIpc) is 3.02. The van der Waals surface area contributed by atoms with E-state index >= 15 is 0 Å². The summed E-state index contributed by atoms with van der Waals surface area (Å²) >= 11 is 0. The van der Waals surface area contributed by atoms with E-state index in [9.17, 15) is 14.4 Å². The Bertz CT molecular complexity index is 924. The molecule has 0 unspecified atom stereocenters. The molecule has 0 aliphatic heterocycles. The highest BCUT2D eigenvalue weighted by Gasteiger charge is 2.18. The lowest BCUT2D eigenvalue weighted by Gasteiger charge is -2.15. The smallest absolute Gasteiger partial charge is 0.419 e. The van der Waals surface area contributed by atoms with Crippen molar-refractivity contribution in [1.82, 2.24) is 9.88 Å². The summed E-state index contributed by atoms with van der Waals surface area (Å²) in [4.78, 5) is 36.1. The largest absolute Gasteiger partial charge is 0.452 e. The number of para-hydroxylation sites is 2. The Morgan fingerprint density at radius 2 is 2.11 bits per heavy atom. The molecule has 0 saturated heterocycles. The van der Waals surface area contributed by atoms with Gasteiger partial charge in [-0.15, -0.1) is 0 Å². The van der Waals surface area contributed by atoms with Crippen LogP contribution in [0.5, 0.6) is 0 Å². The van der Waals surface area contributed by atoms with E-state index in [1.165, 1.54) is 23.0 Å². The number of oxazole rings is 1. The van der Waals surface area contributed by atoms with Gasteiger partial charge in [0, 0.05) is 13.1 Å². The van der Waals surface area contributed by atoms with Crippen LogP contribution in [0.15, 0.2) is 45.1 Å². The van der Waals surface area contributed by atoms with Crippen LogP contribution >= 0.6 is 0 Å². The zero-order valence-electron chi connectivity index (χ0n) is 16.1. The van der Waals surface area contributed by atoms with E-state index in [2.05, 4.69) is 11.4 Å². The number of hydrogen-bond acceptors (Lipinski definition) is 5. The van der Waals surface area contributed by atoms with Crippen molar-refractivity contribution in [2.75, 3.05) is 6.54 Å². The van der Waals surface area contributed by atoms with Crippen molar-refractivity contribution >= 4 is 23.0 Å². The molecular formula is C21H26N2O5.